The Bertz CT molecular complexity index is 538. The van der Waals surface area contributed by atoms with Crippen LogP contribution in [0.5, 0.6) is 0 Å². The number of carbonyl (C=O) groups is 1. The summed E-state index contributed by atoms with van der Waals surface area (Å²) >= 11 is 0. The van der Waals surface area contributed by atoms with Gasteiger partial charge in [-0.2, -0.15) is 0 Å². The van der Waals surface area contributed by atoms with E-state index in [4.69, 9.17) is 0 Å². The molecule has 0 saturated carbocycles. The Morgan fingerprint density at radius 2 is 1.96 bits per heavy atom. The molecule has 0 radical (unpaired) electrons. The molecule has 1 aromatic carbocycles. The van der Waals surface area contributed by atoms with Gasteiger partial charge in [0, 0.05) is 56.6 Å². The van der Waals surface area contributed by atoms with Crippen molar-refractivity contribution in [3.05, 3.63) is 29.3 Å². The lowest BCUT2D eigenvalue weighted by Crippen LogP contribution is -2.46. The summed E-state index contributed by atoms with van der Waals surface area (Å²) in [6.07, 6.45) is 0. The lowest BCUT2D eigenvalue weighted by atomic mass is 10.0. The van der Waals surface area contributed by atoms with Crippen molar-refractivity contribution in [1.29, 1.82) is 0 Å². The Labute approximate surface area is 146 Å². The first-order chi connectivity index (χ1) is 11.5. The highest BCUT2D eigenvalue weighted by molar-refractivity contribution is 5.97. The summed E-state index contributed by atoms with van der Waals surface area (Å²) in [5, 5.41) is 9.92. The van der Waals surface area contributed by atoms with Crippen molar-refractivity contribution < 1.29 is 4.79 Å². The summed E-state index contributed by atoms with van der Waals surface area (Å²) in [6, 6.07) is 6.27. The number of hydrogen-bond acceptors (Lipinski definition) is 4. The lowest BCUT2D eigenvalue weighted by Gasteiger charge is -2.27. The monoisotopic (exact) mass is 332 g/mol. The number of amides is 1. The number of piperazine rings is 1. The van der Waals surface area contributed by atoms with E-state index in [1.807, 2.05) is 25.1 Å². The summed E-state index contributed by atoms with van der Waals surface area (Å²) in [4.78, 5) is 14.9. The summed E-state index contributed by atoms with van der Waals surface area (Å²) in [7, 11) is 0. The molecule has 5 nitrogen and oxygen atoms in total. The van der Waals surface area contributed by atoms with Crippen LogP contribution in [0.2, 0.25) is 0 Å². The molecule has 5 heteroatoms. The Morgan fingerprint density at radius 3 is 2.62 bits per heavy atom. The van der Waals surface area contributed by atoms with Gasteiger partial charge in [-0.05, 0) is 37.5 Å². The predicted molar refractivity (Wildman–Crippen MR) is 101 cm³/mol. The third-order valence-electron chi connectivity index (χ3n) is 4.88. The minimum Gasteiger partial charge on any atom is -0.382 e. The predicted octanol–water partition coefficient (Wildman–Crippen LogP) is 2.09. The Hall–Kier alpha value is -1.59. The van der Waals surface area contributed by atoms with E-state index in [0.29, 0.717) is 18.5 Å². The number of nitrogens with one attached hydrogen (secondary N) is 3. The van der Waals surface area contributed by atoms with Crippen molar-refractivity contribution in [3.63, 3.8) is 0 Å². The summed E-state index contributed by atoms with van der Waals surface area (Å²) < 4.78 is 0. The van der Waals surface area contributed by atoms with E-state index in [0.717, 1.165) is 49.5 Å². The standard InChI is InChI=1S/C19H32N4O/c1-14(2)16(4)22-18-7-5-6-17(15(18)3)19(24)21-10-13-23-11-8-20-9-12-23/h5-7,14,16,20,22H,8-13H2,1-4H3,(H,21,24). The van der Waals surface area contributed by atoms with E-state index >= 15 is 0 Å². The first-order valence-electron chi connectivity index (χ1n) is 9.06. The van der Waals surface area contributed by atoms with Crippen LogP contribution in [0.4, 0.5) is 5.69 Å². The molecule has 1 heterocycles. The zero-order valence-corrected chi connectivity index (χ0v) is 15.5. The van der Waals surface area contributed by atoms with E-state index in [1.165, 1.54) is 0 Å². The Kier molecular flexibility index (Phi) is 7.06. The third-order valence-corrected chi connectivity index (χ3v) is 4.88. The van der Waals surface area contributed by atoms with Gasteiger partial charge in [0.2, 0.25) is 0 Å². The molecule has 3 N–H and O–H groups in total. The maximum Gasteiger partial charge on any atom is 0.251 e. The van der Waals surface area contributed by atoms with Gasteiger partial charge in [0.15, 0.2) is 0 Å². The second kappa shape index (κ2) is 9.04. The summed E-state index contributed by atoms with van der Waals surface area (Å²) in [5.74, 6) is 0.560. The SMILES string of the molecule is Cc1c(NC(C)C(C)C)cccc1C(=O)NCCN1CCNCC1. The second-order valence-electron chi connectivity index (χ2n) is 7.00. The van der Waals surface area contributed by atoms with Gasteiger partial charge in [-0.1, -0.05) is 19.9 Å². The second-order valence-corrected chi connectivity index (χ2v) is 7.00. The number of hydrogen-bond donors (Lipinski definition) is 3. The van der Waals surface area contributed by atoms with E-state index in [9.17, 15) is 4.79 Å². The van der Waals surface area contributed by atoms with Crippen molar-refractivity contribution >= 4 is 11.6 Å². The van der Waals surface area contributed by atoms with Crippen molar-refractivity contribution in [1.82, 2.24) is 15.5 Å². The van der Waals surface area contributed by atoms with Crippen molar-refractivity contribution in [3.8, 4) is 0 Å². The maximum absolute atomic E-state index is 12.5. The quantitative estimate of drug-likeness (QED) is 0.716. The summed E-state index contributed by atoms with van der Waals surface area (Å²) in [5.41, 5.74) is 2.83. The molecule has 1 atom stereocenters. The number of nitrogens with zero attached hydrogens (tertiary/aromatic N) is 1. The molecule has 2 rings (SSSR count). The molecule has 24 heavy (non-hydrogen) atoms. The van der Waals surface area contributed by atoms with Crippen LogP contribution in [0.15, 0.2) is 18.2 Å². The highest BCUT2D eigenvalue weighted by Crippen LogP contribution is 2.21. The van der Waals surface area contributed by atoms with Crippen LogP contribution in [0, 0.1) is 12.8 Å². The molecule has 1 unspecified atom stereocenters. The molecule has 1 saturated heterocycles. The Balaban J connectivity index is 1.91. The summed E-state index contributed by atoms with van der Waals surface area (Å²) in [6.45, 7) is 14.4. The third kappa shape index (κ3) is 5.21. The van der Waals surface area contributed by atoms with Gasteiger partial charge in [0.1, 0.15) is 0 Å². The first kappa shape index (κ1) is 18.7. The van der Waals surface area contributed by atoms with Crippen molar-refractivity contribution in [2.24, 2.45) is 5.92 Å². The van der Waals surface area contributed by atoms with E-state index in [1.54, 1.807) is 0 Å². The van der Waals surface area contributed by atoms with Crippen LogP contribution < -0.4 is 16.0 Å². The fraction of sp³-hybridized carbons (Fsp3) is 0.632. The number of anilines is 1. The molecule has 1 aliphatic rings. The normalized spacial score (nSPS) is 16.9. The molecule has 0 aromatic heterocycles. The van der Waals surface area contributed by atoms with Crippen molar-refractivity contribution in [2.45, 2.75) is 33.7 Å². The van der Waals surface area contributed by atoms with Gasteiger partial charge in [0.25, 0.3) is 5.91 Å². The van der Waals surface area contributed by atoms with Gasteiger partial charge >= 0.3 is 0 Å². The van der Waals surface area contributed by atoms with Crippen LogP contribution in [0.25, 0.3) is 0 Å². The van der Waals surface area contributed by atoms with Gasteiger partial charge in [-0.3, -0.25) is 9.69 Å². The molecule has 0 spiro atoms. The highest BCUT2D eigenvalue weighted by atomic mass is 16.1. The molecular weight excluding hydrogens is 300 g/mol. The largest absolute Gasteiger partial charge is 0.382 e. The highest BCUT2D eigenvalue weighted by Gasteiger charge is 2.15. The molecule has 1 amide bonds. The van der Waals surface area contributed by atoms with Crippen LogP contribution in [0.1, 0.15) is 36.7 Å². The average Bonchev–Trinajstić information content (AvgIpc) is 2.57. The van der Waals surface area contributed by atoms with Crippen LogP contribution in [0.3, 0.4) is 0 Å². The van der Waals surface area contributed by atoms with E-state index in [-0.39, 0.29) is 5.91 Å². The molecule has 1 aliphatic heterocycles. The van der Waals surface area contributed by atoms with Crippen LogP contribution in [-0.2, 0) is 0 Å². The topological polar surface area (TPSA) is 56.4 Å². The maximum atomic E-state index is 12.5. The Morgan fingerprint density at radius 1 is 1.25 bits per heavy atom. The fourth-order valence-electron chi connectivity index (χ4n) is 2.81. The average molecular weight is 332 g/mol. The first-order valence-corrected chi connectivity index (χ1v) is 9.06. The van der Waals surface area contributed by atoms with Crippen molar-refractivity contribution in [2.75, 3.05) is 44.6 Å². The molecule has 0 bridgehead atoms. The van der Waals surface area contributed by atoms with E-state index in [2.05, 4.69) is 41.6 Å². The number of rotatable bonds is 7. The van der Waals surface area contributed by atoms with Crippen LogP contribution >= 0.6 is 0 Å². The van der Waals surface area contributed by atoms with Gasteiger partial charge in [0.05, 0.1) is 0 Å². The van der Waals surface area contributed by atoms with Gasteiger partial charge in [-0.25, -0.2) is 0 Å². The zero-order chi connectivity index (χ0) is 17.5. The van der Waals surface area contributed by atoms with Gasteiger partial charge < -0.3 is 16.0 Å². The number of carbonyl (C=O) groups excluding carboxylic acids is 1. The lowest BCUT2D eigenvalue weighted by molar-refractivity contribution is 0.0946. The molecular formula is C19H32N4O. The molecule has 1 aromatic rings. The van der Waals surface area contributed by atoms with E-state index < -0.39 is 0 Å². The smallest absolute Gasteiger partial charge is 0.251 e. The zero-order valence-electron chi connectivity index (χ0n) is 15.5. The number of benzene rings is 1. The minimum absolute atomic E-state index is 0.0171. The van der Waals surface area contributed by atoms with Crippen LogP contribution in [-0.4, -0.2) is 56.1 Å². The minimum atomic E-state index is 0.0171. The molecule has 134 valence electrons. The fourth-order valence-corrected chi connectivity index (χ4v) is 2.81. The molecule has 1 fully saturated rings. The molecule has 0 aliphatic carbocycles. The van der Waals surface area contributed by atoms with Gasteiger partial charge in [-0.15, -0.1) is 0 Å².